The second-order valence-electron chi connectivity index (χ2n) is 4.40. The summed E-state index contributed by atoms with van der Waals surface area (Å²) in [6.45, 7) is 3.95. The third kappa shape index (κ3) is 2.65. The molecular weight excluding hydrogens is 298 g/mol. The van der Waals surface area contributed by atoms with Crippen molar-refractivity contribution in [3.63, 3.8) is 0 Å². The first-order chi connectivity index (χ1) is 8.29. The van der Waals surface area contributed by atoms with Crippen LogP contribution in [0.25, 0.3) is 0 Å². The van der Waals surface area contributed by atoms with E-state index in [1.165, 1.54) is 4.90 Å². The lowest BCUT2D eigenvalue weighted by molar-refractivity contribution is -0.117. The summed E-state index contributed by atoms with van der Waals surface area (Å²) >= 11 is 1.10. The van der Waals surface area contributed by atoms with Crippen molar-refractivity contribution in [1.29, 1.82) is 0 Å². The van der Waals surface area contributed by atoms with E-state index in [4.69, 9.17) is 10.7 Å². The van der Waals surface area contributed by atoms with E-state index in [2.05, 4.69) is 9.36 Å². The van der Waals surface area contributed by atoms with E-state index in [0.717, 1.165) is 11.5 Å². The van der Waals surface area contributed by atoms with Crippen molar-refractivity contribution < 1.29 is 13.2 Å². The minimum absolute atomic E-state index is 0.0530. The molecular formula is C9H12ClN3O3S2. The minimum Gasteiger partial charge on any atom is -0.285 e. The lowest BCUT2D eigenvalue weighted by Crippen LogP contribution is -2.26. The zero-order valence-electron chi connectivity index (χ0n) is 9.83. The van der Waals surface area contributed by atoms with Crippen LogP contribution in [0.5, 0.6) is 0 Å². The molecule has 9 heteroatoms. The monoisotopic (exact) mass is 309 g/mol. The fourth-order valence-corrected chi connectivity index (χ4v) is 3.48. The molecule has 2 heterocycles. The molecule has 1 aliphatic rings. The van der Waals surface area contributed by atoms with Crippen molar-refractivity contribution in [2.24, 2.45) is 0 Å². The Labute approximate surface area is 114 Å². The summed E-state index contributed by atoms with van der Waals surface area (Å²) in [6, 6.07) is 0. The number of carbonyl (C=O) groups excluding carboxylic acids is 1. The number of hydrogen-bond acceptors (Lipinski definition) is 6. The molecule has 1 aromatic rings. The lowest BCUT2D eigenvalue weighted by Gasteiger charge is -2.10. The Kier molecular flexibility index (Phi) is 3.61. The van der Waals surface area contributed by atoms with E-state index in [-0.39, 0.29) is 24.8 Å². The molecule has 1 atom stereocenters. The summed E-state index contributed by atoms with van der Waals surface area (Å²) in [5.74, 6) is 0.538. The minimum atomic E-state index is -3.72. The maximum absolute atomic E-state index is 11.8. The molecule has 100 valence electrons. The molecule has 0 spiro atoms. The van der Waals surface area contributed by atoms with Gasteiger partial charge in [-0.1, -0.05) is 13.8 Å². The van der Waals surface area contributed by atoms with Gasteiger partial charge in [-0.25, -0.2) is 13.4 Å². The average Bonchev–Trinajstić information content (AvgIpc) is 2.81. The van der Waals surface area contributed by atoms with Crippen LogP contribution in [0.15, 0.2) is 0 Å². The van der Waals surface area contributed by atoms with Crippen LogP contribution in [0, 0.1) is 0 Å². The predicted molar refractivity (Wildman–Crippen MR) is 69.5 cm³/mol. The van der Waals surface area contributed by atoms with Gasteiger partial charge in [0.2, 0.25) is 20.1 Å². The first kappa shape index (κ1) is 13.7. The number of rotatable bonds is 3. The van der Waals surface area contributed by atoms with Gasteiger partial charge >= 0.3 is 0 Å². The van der Waals surface area contributed by atoms with E-state index in [9.17, 15) is 13.2 Å². The Hall–Kier alpha value is -0.730. The molecule has 1 amide bonds. The molecule has 0 N–H and O–H groups in total. The van der Waals surface area contributed by atoms with E-state index in [1.54, 1.807) is 0 Å². The van der Waals surface area contributed by atoms with E-state index in [0.29, 0.717) is 11.0 Å². The van der Waals surface area contributed by atoms with Crippen molar-refractivity contribution in [3.8, 4) is 0 Å². The van der Waals surface area contributed by atoms with Gasteiger partial charge in [0.15, 0.2) is 0 Å². The van der Waals surface area contributed by atoms with Crippen LogP contribution in [-0.4, -0.2) is 35.5 Å². The molecule has 0 saturated carbocycles. The van der Waals surface area contributed by atoms with Gasteiger partial charge in [0.1, 0.15) is 11.1 Å². The summed E-state index contributed by atoms with van der Waals surface area (Å²) in [6.07, 6.45) is -0.0948. The first-order valence-corrected chi connectivity index (χ1v) is 8.51. The summed E-state index contributed by atoms with van der Waals surface area (Å²) in [4.78, 5) is 17.3. The van der Waals surface area contributed by atoms with E-state index in [1.807, 2.05) is 13.8 Å². The number of carbonyl (C=O) groups is 1. The van der Waals surface area contributed by atoms with Crippen molar-refractivity contribution in [2.75, 3.05) is 11.4 Å². The van der Waals surface area contributed by atoms with Crippen molar-refractivity contribution in [3.05, 3.63) is 5.82 Å². The van der Waals surface area contributed by atoms with Crippen LogP contribution in [-0.2, 0) is 13.8 Å². The maximum Gasteiger partial charge on any atom is 0.237 e. The second kappa shape index (κ2) is 4.75. The summed E-state index contributed by atoms with van der Waals surface area (Å²) in [5.41, 5.74) is 0. The lowest BCUT2D eigenvalue weighted by atomic mass is 10.2. The topological polar surface area (TPSA) is 80.2 Å². The van der Waals surface area contributed by atoms with Gasteiger partial charge in [-0.15, -0.1) is 0 Å². The van der Waals surface area contributed by atoms with Gasteiger partial charge in [-0.2, -0.15) is 4.37 Å². The van der Waals surface area contributed by atoms with Crippen LogP contribution in [0.1, 0.15) is 32.0 Å². The standard InChI is InChI=1S/C9H12ClN3O3S2/c1-5(2)8-11-9(17-12-8)13-4-6(3-7(13)14)18(10,15)16/h5-6H,3-4H2,1-2H3. The Balaban J connectivity index is 2.22. The normalized spacial score (nSPS) is 21.0. The number of anilines is 1. The van der Waals surface area contributed by atoms with Crippen molar-refractivity contribution >= 4 is 42.3 Å². The number of amides is 1. The first-order valence-electron chi connectivity index (χ1n) is 5.36. The highest BCUT2D eigenvalue weighted by molar-refractivity contribution is 8.14. The molecule has 1 fully saturated rings. The van der Waals surface area contributed by atoms with Crippen LogP contribution in [0.2, 0.25) is 0 Å². The Morgan fingerprint density at radius 3 is 2.61 bits per heavy atom. The number of hydrogen-bond donors (Lipinski definition) is 0. The molecule has 6 nitrogen and oxygen atoms in total. The maximum atomic E-state index is 11.8. The number of aromatic nitrogens is 2. The van der Waals surface area contributed by atoms with Crippen LogP contribution >= 0.6 is 22.2 Å². The van der Waals surface area contributed by atoms with Crippen LogP contribution in [0.4, 0.5) is 5.13 Å². The van der Waals surface area contributed by atoms with Gasteiger partial charge < -0.3 is 0 Å². The van der Waals surface area contributed by atoms with E-state index < -0.39 is 14.3 Å². The number of nitrogens with zero attached hydrogens (tertiary/aromatic N) is 3. The highest BCUT2D eigenvalue weighted by Gasteiger charge is 2.39. The van der Waals surface area contributed by atoms with Crippen molar-refractivity contribution in [2.45, 2.75) is 31.4 Å². The molecule has 1 saturated heterocycles. The van der Waals surface area contributed by atoms with Gasteiger partial charge in [-0.3, -0.25) is 9.69 Å². The summed E-state index contributed by atoms with van der Waals surface area (Å²) in [5, 5.41) is -0.426. The molecule has 0 aromatic carbocycles. The fraction of sp³-hybridized carbons (Fsp3) is 0.667. The predicted octanol–water partition coefficient (Wildman–Crippen LogP) is 1.34. The smallest absolute Gasteiger partial charge is 0.237 e. The van der Waals surface area contributed by atoms with Crippen molar-refractivity contribution in [1.82, 2.24) is 9.36 Å². The molecule has 1 aliphatic heterocycles. The summed E-state index contributed by atoms with van der Waals surface area (Å²) < 4.78 is 26.6. The largest absolute Gasteiger partial charge is 0.285 e. The zero-order chi connectivity index (χ0) is 13.5. The molecule has 0 bridgehead atoms. The SMILES string of the molecule is CC(C)c1nsc(N2CC(S(=O)(=O)Cl)CC2=O)n1. The summed E-state index contributed by atoms with van der Waals surface area (Å²) in [7, 11) is 1.55. The van der Waals surface area contributed by atoms with Gasteiger partial charge in [0.25, 0.3) is 0 Å². The molecule has 0 radical (unpaired) electrons. The highest BCUT2D eigenvalue weighted by Crippen LogP contribution is 2.28. The third-order valence-electron chi connectivity index (χ3n) is 2.67. The third-order valence-corrected chi connectivity index (χ3v) is 5.29. The molecule has 1 unspecified atom stereocenters. The van der Waals surface area contributed by atoms with Gasteiger partial charge in [0.05, 0.1) is 0 Å². The van der Waals surface area contributed by atoms with Gasteiger partial charge in [0, 0.05) is 41.1 Å². The average molecular weight is 310 g/mol. The molecule has 0 aliphatic carbocycles. The zero-order valence-corrected chi connectivity index (χ0v) is 12.2. The molecule has 1 aromatic heterocycles. The molecule has 2 rings (SSSR count). The Morgan fingerprint density at radius 2 is 2.17 bits per heavy atom. The Bertz CT molecular complexity index is 569. The second-order valence-corrected chi connectivity index (χ2v) is 8.03. The van der Waals surface area contributed by atoms with E-state index >= 15 is 0 Å². The van der Waals surface area contributed by atoms with Gasteiger partial charge in [-0.05, 0) is 0 Å². The quantitative estimate of drug-likeness (QED) is 0.787. The molecule has 18 heavy (non-hydrogen) atoms. The fourth-order valence-electron chi connectivity index (χ4n) is 1.62. The van der Waals surface area contributed by atoms with Crippen LogP contribution < -0.4 is 4.90 Å². The number of halogens is 1. The highest BCUT2D eigenvalue weighted by atomic mass is 35.7. The van der Waals surface area contributed by atoms with Crippen LogP contribution in [0.3, 0.4) is 0 Å². The Morgan fingerprint density at radius 1 is 1.50 bits per heavy atom.